The van der Waals surface area contributed by atoms with Crippen molar-refractivity contribution in [3.05, 3.63) is 37.0 Å². The van der Waals surface area contributed by atoms with Crippen LogP contribution in [0.2, 0.25) is 0 Å². The molecule has 0 aromatic rings. The van der Waals surface area contributed by atoms with Gasteiger partial charge in [0.15, 0.2) is 0 Å². The molecular formula is C19H29NO3. The van der Waals surface area contributed by atoms with Gasteiger partial charge in [0.2, 0.25) is 5.91 Å². The van der Waals surface area contributed by atoms with E-state index in [1.54, 1.807) is 19.1 Å². The Bertz CT molecular complexity index is 440. The highest BCUT2D eigenvalue weighted by Crippen LogP contribution is 2.33. The van der Waals surface area contributed by atoms with Crippen LogP contribution < -0.4 is 5.32 Å². The van der Waals surface area contributed by atoms with E-state index in [-0.39, 0.29) is 11.9 Å². The zero-order chi connectivity index (χ0) is 16.9. The second-order valence-corrected chi connectivity index (χ2v) is 5.79. The SMILES string of the molecule is C=C[C@@H]1CCC[C@H]1/C=C\C=C\C(=O)NCCCCC(=O)OCC. The van der Waals surface area contributed by atoms with Crippen LogP contribution in [-0.4, -0.2) is 25.0 Å². The zero-order valence-corrected chi connectivity index (χ0v) is 14.1. The van der Waals surface area contributed by atoms with Crippen LogP contribution in [0.3, 0.4) is 0 Å². The van der Waals surface area contributed by atoms with Crippen molar-refractivity contribution in [3.8, 4) is 0 Å². The first-order valence-corrected chi connectivity index (χ1v) is 8.58. The molecule has 1 fully saturated rings. The van der Waals surface area contributed by atoms with Crippen molar-refractivity contribution in [2.24, 2.45) is 11.8 Å². The van der Waals surface area contributed by atoms with Crippen molar-refractivity contribution in [2.75, 3.05) is 13.2 Å². The maximum absolute atomic E-state index is 11.6. The van der Waals surface area contributed by atoms with E-state index in [2.05, 4.69) is 18.0 Å². The van der Waals surface area contributed by atoms with Crippen molar-refractivity contribution in [1.82, 2.24) is 5.32 Å². The molecular weight excluding hydrogens is 290 g/mol. The van der Waals surface area contributed by atoms with Gasteiger partial charge in [-0.3, -0.25) is 9.59 Å². The second-order valence-electron chi connectivity index (χ2n) is 5.79. The summed E-state index contributed by atoms with van der Waals surface area (Å²) >= 11 is 0. The second kappa shape index (κ2) is 11.7. The zero-order valence-electron chi connectivity index (χ0n) is 14.1. The summed E-state index contributed by atoms with van der Waals surface area (Å²) in [7, 11) is 0. The lowest BCUT2D eigenvalue weighted by Crippen LogP contribution is -2.22. The highest BCUT2D eigenvalue weighted by molar-refractivity contribution is 5.87. The number of hydrogen-bond donors (Lipinski definition) is 1. The number of rotatable bonds is 10. The van der Waals surface area contributed by atoms with E-state index in [0.717, 1.165) is 12.8 Å². The first-order valence-electron chi connectivity index (χ1n) is 8.58. The molecule has 2 atom stereocenters. The van der Waals surface area contributed by atoms with Crippen molar-refractivity contribution in [2.45, 2.75) is 45.4 Å². The van der Waals surface area contributed by atoms with Crippen LogP contribution in [0.25, 0.3) is 0 Å². The lowest BCUT2D eigenvalue weighted by molar-refractivity contribution is -0.143. The minimum absolute atomic E-state index is 0.0996. The minimum Gasteiger partial charge on any atom is -0.466 e. The minimum atomic E-state index is -0.173. The molecule has 23 heavy (non-hydrogen) atoms. The molecule has 128 valence electrons. The topological polar surface area (TPSA) is 55.4 Å². The van der Waals surface area contributed by atoms with Crippen molar-refractivity contribution < 1.29 is 14.3 Å². The highest BCUT2D eigenvalue weighted by atomic mass is 16.5. The van der Waals surface area contributed by atoms with E-state index >= 15 is 0 Å². The van der Waals surface area contributed by atoms with E-state index in [1.165, 1.54) is 19.3 Å². The Morgan fingerprint density at radius 1 is 1.22 bits per heavy atom. The van der Waals surface area contributed by atoms with Gasteiger partial charge in [-0.25, -0.2) is 0 Å². The molecule has 4 nitrogen and oxygen atoms in total. The molecule has 1 N–H and O–H groups in total. The molecule has 1 amide bonds. The molecule has 0 aromatic carbocycles. The summed E-state index contributed by atoms with van der Waals surface area (Å²) in [5, 5.41) is 2.81. The van der Waals surface area contributed by atoms with Gasteiger partial charge in [0.1, 0.15) is 0 Å². The molecule has 1 aliphatic carbocycles. The smallest absolute Gasteiger partial charge is 0.305 e. The van der Waals surface area contributed by atoms with Crippen LogP contribution in [0.15, 0.2) is 37.0 Å². The molecule has 1 aliphatic rings. The largest absolute Gasteiger partial charge is 0.466 e. The normalized spacial score (nSPS) is 20.9. The Balaban J connectivity index is 2.11. The summed E-state index contributed by atoms with van der Waals surface area (Å²) in [4.78, 5) is 22.8. The first kappa shape index (κ1) is 19.2. The molecule has 0 aromatic heterocycles. The first-order chi connectivity index (χ1) is 11.2. The molecule has 0 spiro atoms. The number of amides is 1. The van der Waals surface area contributed by atoms with Gasteiger partial charge in [-0.1, -0.05) is 30.7 Å². The number of allylic oxidation sites excluding steroid dienone is 4. The highest BCUT2D eigenvalue weighted by Gasteiger charge is 2.21. The van der Waals surface area contributed by atoms with Crippen LogP contribution >= 0.6 is 0 Å². The van der Waals surface area contributed by atoms with E-state index in [4.69, 9.17) is 4.74 Å². The van der Waals surface area contributed by atoms with E-state index < -0.39 is 0 Å². The monoisotopic (exact) mass is 319 g/mol. The van der Waals surface area contributed by atoms with Gasteiger partial charge in [-0.05, 0) is 44.4 Å². The molecule has 0 aliphatic heterocycles. The lowest BCUT2D eigenvalue weighted by Gasteiger charge is -2.09. The fourth-order valence-electron chi connectivity index (χ4n) is 2.80. The molecule has 0 saturated heterocycles. The molecule has 1 rings (SSSR count). The van der Waals surface area contributed by atoms with Gasteiger partial charge in [-0.15, -0.1) is 6.58 Å². The fraction of sp³-hybridized carbons (Fsp3) is 0.579. The molecule has 0 unspecified atom stereocenters. The summed E-state index contributed by atoms with van der Waals surface area (Å²) in [6.07, 6.45) is 15.1. The average molecular weight is 319 g/mol. The van der Waals surface area contributed by atoms with Crippen LogP contribution in [0.1, 0.15) is 45.4 Å². The Labute approximate surface area is 139 Å². The average Bonchev–Trinajstić information content (AvgIpc) is 2.99. The quantitative estimate of drug-likeness (QED) is 0.220. The summed E-state index contributed by atoms with van der Waals surface area (Å²) < 4.78 is 4.84. The number of nitrogens with one attached hydrogen (secondary N) is 1. The summed E-state index contributed by atoms with van der Waals surface area (Å²) in [5.41, 5.74) is 0. The van der Waals surface area contributed by atoms with Crippen molar-refractivity contribution >= 4 is 11.9 Å². The number of carbonyl (C=O) groups is 2. The number of carbonyl (C=O) groups excluding carboxylic acids is 2. The van der Waals surface area contributed by atoms with E-state index in [9.17, 15) is 9.59 Å². The van der Waals surface area contributed by atoms with Crippen molar-refractivity contribution in [1.29, 1.82) is 0 Å². The molecule has 0 heterocycles. The standard InChI is InChI=1S/C19H29NO3/c1-3-16-11-9-12-17(16)10-5-6-13-18(21)20-15-8-7-14-19(22)23-4-2/h3,5-6,10,13,16-17H,1,4,7-9,11-12,14-15H2,2H3,(H,20,21)/b10-5-,13-6+/t16-,17-/m1/s1. The van der Waals surface area contributed by atoms with Gasteiger partial charge < -0.3 is 10.1 Å². The van der Waals surface area contributed by atoms with Crippen LogP contribution in [0.5, 0.6) is 0 Å². The van der Waals surface area contributed by atoms with Crippen LogP contribution in [0.4, 0.5) is 0 Å². The molecule has 0 bridgehead atoms. The fourth-order valence-corrected chi connectivity index (χ4v) is 2.80. The maximum atomic E-state index is 11.6. The number of hydrogen-bond acceptors (Lipinski definition) is 3. The predicted octanol–water partition coefficient (Wildman–Crippen LogP) is 3.55. The van der Waals surface area contributed by atoms with Gasteiger partial charge >= 0.3 is 5.97 Å². The summed E-state index contributed by atoms with van der Waals surface area (Å²) in [6, 6.07) is 0. The summed E-state index contributed by atoms with van der Waals surface area (Å²) in [5.74, 6) is 0.863. The Morgan fingerprint density at radius 3 is 2.74 bits per heavy atom. The van der Waals surface area contributed by atoms with Gasteiger partial charge in [0.25, 0.3) is 0 Å². The summed E-state index contributed by atoms with van der Waals surface area (Å²) in [6.45, 7) is 6.66. The van der Waals surface area contributed by atoms with Gasteiger partial charge in [0.05, 0.1) is 6.61 Å². The van der Waals surface area contributed by atoms with Crippen LogP contribution in [0, 0.1) is 11.8 Å². The molecule has 1 saturated carbocycles. The van der Waals surface area contributed by atoms with E-state index in [0.29, 0.717) is 31.4 Å². The van der Waals surface area contributed by atoms with Gasteiger partial charge in [-0.2, -0.15) is 0 Å². The third kappa shape index (κ3) is 8.38. The number of esters is 1. The lowest BCUT2D eigenvalue weighted by atomic mass is 9.96. The Hall–Kier alpha value is -1.84. The third-order valence-corrected chi connectivity index (χ3v) is 4.06. The van der Waals surface area contributed by atoms with Gasteiger partial charge in [0, 0.05) is 19.0 Å². The molecule has 4 heteroatoms. The van der Waals surface area contributed by atoms with Crippen molar-refractivity contribution in [3.63, 3.8) is 0 Å². The maximum Gasteiger partial charge on any atom is 0.305 e. The Kier molecular flexibility index (Phi) is 9.76. The van der Waals surface area contributed by atoms with E-state index in [1.807, 2.05) is 12.2 Å². The Morgan fingerprint density at radius 2 is 2.00 bits per heavy atom. The number of unbranched alkanes of at least 4 members (excludes halogenated alkanes) is 1. The number of ether oxygens (including phenoxy) is 1. The van der Waals surface area contributed by atoms with Crippen LogP contribution in [-0.2, 0) is 14.3 Å². The predicted molar refractivity (Wildman–Crippen MR) is 92.8 cm³/mol. The molecule has 0 radical (unpaired) electrons. The third-order valence-electron chi connectivity index (χ3n) is 4.06.